The highest BCUT2D eigenvalue weighted by Crippen LogP contribution is 2.33. The zero-order valence-electron chi connectivity index (χ0n) is 12.2. The van der Waals surface area contributed by atoms with E-state index in [2.05, 4.69) is 38.2 Å². The molecular weight excluding hydrogens is 212 g/mol. The molecule has 0 aromatic carbocycles. The first-order chi connectivity index (χ1) is 8.02. The molecule has 0 amide bonds. The van der Waals surface area contributed by atoms with Crippen LogP contribution in [0.15, 0.2) is 0 Å². The maximum atomic E-state index is 5.34. The van der Waals surface area contributed by atoms with Crippen molar-refractivity contribution in [3.05, 3.63) is 0 Å². The van der Waals surface area contributed by atoms with Crippen molar-refractivity contribution in [1.29, 1.82) is 0 Å². The Morgan fingerprint density at radius 3 is 2.35 bits per heavy atom. The summed E-state index contributed by atoms with van der Waals surface area (Å²) in [5.41, 5.74) is 0. The van der Waals surface area contributed by atoms with Gasteiger partial charge in [-0.25, -0.2) is 0 Å². The largest absolute Gasteiger partial charge is 0.383 e. The highest BCUT2D eigenvalue weighted by atomic mass is 16.5. The van der Waals surface area contributed by atoms with Gasteiger partial charge in [0, 0.05) is 25.7 Å². The average Bonchev–Trinajstić information content (AvgIpc) is 2.97. The van der Waals surface area contributed by atoms with Crippen LogP contribution in [0.1, 0.15) is 33.1 Å². The summed E-state index contributed by atoms with van der Waals surface area (Å²) >= 11 is 0. The normalized spacial score (nSPS) is 19.9. The minimum Gasteiger partial charge on any atom is -0.383 e. The number of likely N-dealkylation sites (N-methyl/N-ethyl adjacent to an activating group) is 1. The lowest BCUT2D eigenvalue weighted by molar-refractivity contribution is 0.144. The zero-order chi connectivity index (χ0) is 12.8. The van der Waals surface area contributed by atoms with Crippen molar-refractivity contribution < 1.29 is 4.74 Å². The Hall–Kier alpha value is -0.120. The Bertz CT molecular complexity index is 192. The second-order valence-electron chi connectivity index (χ2n) is 6.15. The maximum absolute atomic E-state index is 5.34. The van der Waals surface area contributed by atoms with Crippen LogP contribution in [0.5, 0.6) is 0 Å². The molecule has 0 aromatic rings. The molecule has 17 heavy (non-hydrogen) atoms. The summed E-state index contributed by atoms with van der Waals surface area (Å²) in [6, 6.07) is 1.15. The van der Waals surface area contributed by atoms with Gasteiger partial charge in [0.1, 0.15) is 0 Å². The van der Waals surface area contributed by atoms with Gasteiger partial charge in [-0.05, 0) is 45.2 Å². The van der Waals surface area contributed by atoms with Crippen LogP contribution in [0, 0.1) is 11.8 Å². The van der Waals surface area contributed by atoms with E-state index in [0.29, 0.717) is 12.1 Å². The summed E-state index contributed by atoms with van der Waals surface area (Å²) in [5, 5.41) is 3.81. The molecule has 1 aliphatic carbocycles. The molecule has 102 valence electrons. The number of ether oxygens (including phenoxy) is 1. The minimum absolute atomic E-state index is 0.559. The van der Waals surface area contributed by atoms with Crippen molar-refractivity contribution in [2.75, 3.05) is 34.4 Å². The Morgan fingerprint density at radius 2 is 1.94 bits per heavy atom. The van der Waals surface area contributed by atoms with E-state index in [-0.39, 0.29) is 0 Å². The molecule has 3 heteroatoms. The van der Waals surface area contributed by atoms with E-state index in [1.807, 2.05) is 0 Å². The van der Waals surface area contributed by atoms with E-state index >= 15 is 0 Å². The molecule has 0 saturated heterocycles. The first-order valence-corrected chi connectivity index (χ1v) is 6.92. The Kier molecular flexibility index (Phi) is 6.45. The first-order valence-electron chi connectivity index (χ1n) is 6.92. The van der Waals surface area contributed by atoms with Crippen LogP contribution < -0.4 is 5.32 Å². The van der Waals surface area contributed by atoms with Gasteiger partial charge in [0.2, 0.25) is 0 Å². The molecule has 0 aromatic heterocycles. The van der Waals surface area contributed by atoms with Crippen molar-refractivity contribution in [2.45, 2.75) is 45.2 Å². The number of nitrogens with one attached hydrogen (secondary N) is 1. The molecule has 0 bridgehead atoms. The number of nitrogens with zero attached hydrogens (tertiary/aromatic N) is 1. The number of hydrogen-bond acceptors (Lipinski definition) is 3. The number of rotatable bonds is 9. The van der Waals surface area contributed by atoms with Crippen molar-refractivity contribution >= 4 is 0 Å². The lowest BCUT2D eigenvalue weighted by Crippen LogP contribution is -2.47. The van der Waals surface area contributed by atoms with Gasteiger partial charge in [-0.3, -0.25) is 0 Å². The Balaban J connectivity index is 2.43. The average molecular weight is 242 g/mol. The molecule has 0 spiro atoms. The summed E-state index contributed by atoms with van der Waals surface area (Å²) in [4.78, 5) is 2.27. The topological polar surface area (TPSA) is 24.5 Å². The molecule has 2 unspecified atom stereocenters. The standard InChI is InChI=1S/C14H30N2O/c1-11(2)8-13(9-16(3)4)15-14(10-17-5)12-6-7-12/h11-15H,6-10H2,1-5H3. The van der Waals surface area contributed by atoms with Gasteiger partial charge in [-0.1, -0.05) is 13.8 Å². The molecule has 3 nitrogen and oxygen atoms in total. The molecule has 1 N–H and O–H groups in total. The van der Waals surface area contributed by atoms with Gasteiger partial charge in [0.15, 0.2) is 0 Å². The van der Waals surface area contributed by atoms with Crippen LogP contribution >= 0.6 is 0 Å². The predicted molar refractivity (Wildman–Crippen MR) is 73.3 cm³/mol. The van der Waals surface area contributed by atoms with Crippen LogP contribution in [0.3, 0.4) is 0 Å². The van der Waals surface area contributed by atoms with E-state index in [1.165, 1.54) is 19.3 Å². The molecule has 0 heterocycles. The molecule has 0 aliphatic heterocycles. The summed E-state index contributed by atoms with van der Waals surface area (Å²) < 4.78 is 5.34. The quantitative estimate of drug-likeness (QED) is 0.669. The molecule has 2 atom stereocenters. The number of hydrogen-bond donors (Lipinski definition) is 1. The fraction of sp³-hybridized carbons (Fsp3) is 1.00. The fourth-order valence-corrected chi connectivity index (χ4v) is 2.51. The lowest BCUT2D eigenvalue weighted by atomic mass is 10.0. The third kappa shape index (κ3) is 6.39. The predicted octanol–water partition coefficient (Wildman–Crippen LogP) is 1.98. The third-order valence-corrected chi connectivity index (χ3v) is 3.33. The molecular formula is C14H30N2O. The Labute approximate surface area is 107 Å². The molecule has 1 saturated carbocycles. The van der Waals surface area contributed by atoms with Gasteiger partial charge in [-0.15, -0.1) is 0 Å². The van der Waals surface area contributed by atoms with E-state index < -0.39 is 0 Å². The highest BCUT2D eigenvalue weighted by Gasteiger charge is 2.32. The number of methoxy groups -OCH3 is 1. The van der Waals surface area contributed by atoms with Crippen LogP contribution in [-0.4, -0.2) is 51.3 Å². The second kappa shape index (κ2) is 7.34. The van der Waals surface area contributed by atoms with Gasteiger partial charge >= 0.3 is 0 Å². The van der Waals surface area contributed by atoms with E-state index in [9.17, 15) is 0 Å². The second-order valence-corrected chi connectivity index (χ2v) is 6.15. The van der Waals surface area contributed by atoms with Gasteiger partial charge in [0.05, 0.1) is 6.61 Å². The molecule has 1 aliphatic rings. The molecule has 1 fully saturated rings. The van der Waals surface area contributed by atoms with Gasteiger partial charge in [-0.2, -0.15) is 0 Å². The monoisotopic (exact) mass is 242 g/mol. The molecule has 1 rings (SSSR count). The van der Waals surface area contributed by atoms with Gasteiger partial charge < -0.3 is 15.0 Å². The van der Waals surface area contributed by atoms with Crippen molar-refractivity contribution in [2.24, 2.45) is 11.8 Å². The molecule has 0 radical (unpaired) electrons. The summed E-state index contributed by atoms with van der Waals surface area (Å²) in [7, 11) is 6.11. The van der Waals surface area contributed by atoms with Crippen molar-refractivity contribution in [3.8, 4) is 0 Å². The highest BCUT2D eigenvalue weighted by molar-refractivity contribution is 4.89. The summed E-state index contributed by atoms with van der Waals surface area (Å²) in [6.07, 6.45) is 3.99. The first kappa shape index (κ1) is 14.9. The van der Waals surface area contributed by atoms with E-state index in [1.54, 1.807) is 7.11 Å². The zero-order valence-corrected chi connectivity index (χ0v) is 12.2. The van der Waals surface area contributed by atoms with E-state index in [4.69, 9.17) is 4.74 Å². The van der Waals surface area contributed by atoms with Gasteiger partial charge in [0.25, 0.3) is 0 Å². The maximum Gasteiger partial charge on any atom is 0.0618 e. The summed E-state index contributed by atoms with van der Waals surface area (Å²) in [6.45, 7) is 6.57. The fourth-order valence-electron chi connectivity index (χ4n) is 2.51. The van der Waals surface area contributed by atoms with Crippen LogP contribution in [0.25, 0.3) is 0 Å². The van der Waals surface area contributed by atoms with Crippen molar-refractivity contribution in [3.63, 3.8) is 0 Å². The van der Waals surface area contributed by atoms with E-state index in [0.717, 1.165) is 25.0 Å². The third-order valence-electron chi connectivity index (χ3n) is 3.33. The van der Waals surface area contributed by atoms with Crippen LogP contribution in [-0.2, 0) is 4.74 Å². The SMILES string of the molecule is COCC(NC(CC(C)C)CN(C)C)C1CC1. The van der Waals surface area contributed by atoms with Crippen LogP contribution in [0.2, 0.25) is 0 Å². The van der Waals surface area contributed by atoms with Crippen molar-refractivity contribution in [1.82, 2.24) is 10.2 Å². The van der Waals surface area contributed by atoms with Crippen LogP contribution in [0.4, 0.5) is 0 Å². The lowest BCUT2D eigenvalue weighted by Gasteiger charge is -2.29. The smallest absolute Gasteiger partial charge is 0.0618 e. The Morgan fingerprint density at radius 1 is 1.29 bits per heavy atom. The minimum atomic E-state index is 0.559. The summed E-state index contributed by atoms with van der Waals surface area (Å²) in [5.74, 6) is 1.60.